The predicted molar refractivity (Wildman–Crippen MR) is 124 cm³/mol. The van der Waals surface area contributed by atoms with Crippen molar-refractivity contribution >= 4 is 33.4 Å². The van der Waals surface area contributed by atoms with E-state index in [9.17, 15) is 4.79 Å². The number of amides is 1. The molecule has 0 atom stereocenters. The molecule has 1 heterocycles. The van der Waals surface area contributed by atoms with Crippen molar-refractivity contribution in [1.82, 2.24) is 10.6 Å². The molecule has 4 nitrogen and oxygen atoms in total. The monoisotopic (exact) mass is 480 g/mol. The van der Waals surface area contributed by atoms with E-state index in [2.05, 4.69) is 26.6 Å². The van der Waals surface area contributed by atoms with Gasteiger partial charge in [0.1, 0.15) is 11.9 Å². The van der Waals surface area contributed by atoms with E-state index in [-0.39, 0.29) is 12.0 Å². The van der Waals surface area contributed by atoms with Crippen molar-refractivity contribution in [2.45, 2.75) is 52.7 Å². The fourth-order valence-corrected chi connectivity index (χ4v) is 3.31. The summed E-state index contributed by atoms with van der Waals surface area (Å²) in [6.45, 7) is 8.32. The molecule has 29 heavy (non-hydrogen) atoms. The first-order chi connectivity index (χ1) is 13.9. The van der Waals surface area contributed by atoms with E-state index in [1.165, 1.54) is 0 Å². The van der Waals surface area contributed by atoms with Crippen LogP contribution in [0.15, 0.2) is 57.8 Å². The van der Waals surface area contributed by atoms with Crippen LogP contribution in [0.1, 0.15) is 45.6 Å². The zero-order chi connectivity index (χ0) is 21.2. The minimum Gasteiger partial charge on any atom is -0.489 e. The second-order valence-corrected chi connectivity index (χ2v) is 8.36. The highest BCUT2D eigenvalue weighted by atomic mass is 79.9. The van der Waals surface area contributed by atoms with Gasteiger partial charge in [0.2, 0.25) is 0 Å². The van der Waals surface area contributed by atoms with Gasteiger partial charge in [-0.2, -0.15) is 0 Å². The van der Waals surface area contributed by atoms with Gasteiger partial charge in [-0.05, 0) is 85.9 Å². The van der Waals surface area contributed by atoms with Gasteiger partial charge in [-0.3, -0.25) is 4.79 Å². The Morgan fingerprint density at radius 3 is 2.55 bits per heavy atom. The third-order valence-electron chi connectivity index (χ3n) is 4.95. The van der Waals surface area contributed by atoms with Gasteiger partial charge < -0.3 is 15.4 Å². The lowest BCUT2D eigenvalue weighted by molar-refractivity contribution is -0.117. The molecule has 0 aliphatic carbocycles. The van der Waals surface area contributed by atoms with E-state index in [1.54, 1.807) is 0 Å². The molecule has 0 aromatic heterocycles. The number of allylic oxidation sites excluding steroid dienone is 3. The molecule has 1 saturated heterocycles. The van der Waals surface area contributed by atoms with Crippen LogP contribution in [-0.2, 0) is 16.1 Å². The van der Waals surface area contributed by atoms with Crippen LogP contribution in [0.25, 0.3) is 0 Å². The molecule has 2 N–H and O–H groups in total. The maximum absolute atomic E-state index is 13.0. The smallest absolute Gasteiger partial charge is 0.251 e. The van der Waals surface area contributed by atoms with Crippen molar-refractivity contribution in [2.75, 3.05) is 13.1 Å². The molecule has 0 radical (unpaired) electrons. The topological polar surface area (TPSA) is 50.4 Å². The van der Waals surface area contributed by atoms with E-state index >= 15 is 0 Å². The maximum atomic E-state index is 13.0. The molecule has 0 saturated carbocycles. The van der Waals surface area contributed by atoms with Gasteiger partial charge in [-0.25, -0.2) is 0 Å². The number of benzene rings is 1. The molecule has 6 heteroatoms. The van der Waals surface area contributed by atoms with Crippen LogP contribution in [0.4, 0.5) is 0 Å². The van der Waals surface area contributed by atoms with Gasteiger partial charge in [0.05, 0.1) is 4.48 Å². The number of hydrogen-bond donors (Lipinski definition) is 2. The number of carbonyl (C=O) groups is 1. The Morgan fingerprint density at radius 1 is 1.31 bits per heavy atom. The summed E-state index contributed by atoms with van der Waals surface area (Å²) < 4.78 is 7.12. The summed E-state index contributed by atoms with van der Waals surface area (Å²) in [4.78, 5) is 13.0. The zero-order valence-electron chi connectivity index (χ0n) is 17.4. The van der Waals surface area contributed by atoms with Gasteiger partial charge >= 0.3 is 0 Å². The van der Waals surface area contributed by atoms with E-state index in [0.717, 1.165) is 48.0 Å². The summed E-state index contributed by atoms with van der Waals surface area (Å²) in [6, 6.07) is 7.48. The summed E-state index contributed by atoms with van der Waals surface area (Å²) in [7, 11) is 0. The average Bonchev–Trinajstić information content (AvgIpc) is 2.75. The quantitative estimate of drug-likeness (QED) is 0.287. The third kappa shape index (κ3) is 7.65. The van der Waals surface area contributed by atoms with Gasteiger partial charge in [-0.1, -0.05) is 42.3 Å². The SMILES string of the molecule is C\C=C(Br)/C(=C\C(C(=O)NCc1ccc(Cl)cc1)=C(/C)CC)OC1CCNCC1. The number of hydrogen-bond acceptors (Lipinski definition) is 3. The first-order valence-electron chi connectivity index (χ1n) is 10.1. The third-order valence-corrected chi connectivity index (χ3v) is 6.05. The molecule has 1 aliphatic rings. The fourth-order valence-electron chi connectivity index (χ4n) is 2.98. The van der Waals surface area contributed by atoms with Crippen LogP contribution < -0.4 is 10.6 Å². The van der Waals surface area contributed by atoms with Crippen molar-refractivity contribution in [1.29, 1.82) is 0 Å². The fraction of sp³-hybridized carbons (Fsp3) is 0.435. The van der Waals surface area contributed by atoms with Crippen molar-refractivity contribution in [3.8, 4) is 0 Å². The van der Waals surface area contributed by atoms with Crippen LogP contribution >= 0.6 is 27.5 Å². The summed E-state index contributed by atoms with van der Waals surface area (Å²) in [5.74, 6) is 0.589. The van der Waals surface area contributed by atoms with E-state index in [1.807, 2.05) is 57.2 Å². The Hall–Kier alpha value is -1.56. The maximum Gasteiger partial charge on any atom is 0.251 e. The average molecular weight is 482 g/mol. The Bertz CT molecular complexity index is 779. The first kappa shape index (κ1) is 23.7. The lowest BCUT2D eigenvalue weighted by Crippen LogP contribution is -2.32. The standard InChI is InChI=1S/C23H30BrClN2O2/c1-4-16(3)20(23(28)27-15-17-6-8-18(25)9-7-17)14-22(21(24)5-2)29-19-10-12-26-13-11-19/h5-9,14,19,26H,4,10-13,15H2,1-3H3,(H,27,28)/b20-16-,21-5+,22-14+. The Labute approximate surface area is 187 Å². The molecule has 1 fully saturated rings. The number of halogens is 2. The molecule has 1 aromatic rings. The molecule has 158 valence electrons. The van der Waals surface area contributed by atoms with Crippen LogP contribution in [0.3, 0.4) is 0 Å². The van der Waals surface area contributed by atoms with E-state index in [0.29, 0.717) is 22.9 Å². The molecule has 0 bridgehead atoms. The number of rotatable bonds is 8. The summed E-state index contributed by atoms with van der Waals surface area (Å²) in [5, 5.41) is 7.04. The van der Waals surface area contributed by atoms with Crippen molar-refractivity contribution in [3.63, 3.8) is 0 Å². The second-order valence-electron chi connectivity index (χ2n) is 7.07. The van der Waals surface area contributed by atoms with Gasteiger partial charge in [-0.15, -0.1) is 0 Å². The molecule has 1 amide bonds. The van der Waals surface area contributed by atoms with Gasteiger partial charge in [0.25, 0.3) is 5.91 Å². The first-order valence-corrected chi connectivity index (χ1v) is 11.2. The number of carbonyl (C=O) groups excluding carboxylic acids is 1. The molecular weight excluding hydrogens is 452 g/mol. The van der Waals surface area contributed by atoms with E-state index in [4.69, 9.17) is 16.3 Å². The summed E-state index contributed by atoms with van der Waals surface area (Å²) in [6.07, 6.45) is 6.65. The number of piperidine rings is 1. The second kappa shape index (κ2) is 12.2. The molecule has 0 spiro atoms. The largest absolute Gasteiger partial charge is 0.489 e. The highest BCUT2D eigenvalue weighted by Gasteiger charge is 2.19. The Morgan fingerprint density at radius 2 is 1.97 bits per heavy atom. The zero-order valence-corrected chi connectivity index (χ0v) is 19.7. The number of nitrogens with one attached hydrogen (secondary N) is 2. The summed E-state index contributed by atoms with van der Waals surface area (Å²) >= 11 is 9.52. The normalized spacial score (nSPS) is 17.0. The van der Waals surface area contributed by atoms with Crippen molar-refractivity contribution in [2.24, 2.45) is 0 Å². The predicted octanol–water partition coefficient (Wildman–Crippen LogP) is 5.63. The van der Waals surface area contributed by atoms with Crippen molar-refractivity contribution in [3.05, 3.63) is 68.4 Å². The van der Waals surface area contributed by atoms with Crippen molar-refractivity contribution < 1.29 is 9.53 Å². The Balaban J connectivity index is 2.20. The van der Waals surface area contributed by atoms with Crippen LogP contribution in [-0.4, -0.2) is 25.1 Å². The minimum absolute atomic E-state index is 0.109. The van der Waals surface area contributed by atoms with Gasteiger partial charge in [0.15, 0.2) is 0 Å². The molecular formula is C23H30BrClN2O2. The highest BCUT2D eigenvalue weighted by molar-refractivity contribution is 9.11. The van der Waals surface area contributed by atoms with Crippen LogP contribution in [0, 0.1) is 0 Å². The van der Waals surface area contributed by atoms with Crippen LogP contribution in [0.5, 0.6) is 0 Å². The molecule has 1 aliphatic heterocycles. The molecule has 0 unspecified atom stereocenters. The number of ether oxygens (including phenoxy) is 1. The Kier molecular flexibility index (Phi) is 9.98. The molecule has 1 aromatic carbocycles. The lowest BCUT2D eigenvalue weighted by Gasteiger charge is -2.25. The minimum atomic E-state index is -0.109. The lowest BCUT2D eigenvalue weighted by atomic mass is 10.0. The summed E-state index contributed by atoms with van der Waals surface area (Å²) in [5.41, 5.74) is 2.66. The van der Waals surface area contributed by atoms with Gasteiger partial charge in [0, 0.05) is 17.1 Å². The van der Waals surface area contributed by atoms with E-state index < -0.39 is 0 Å². The molecule has 2 rings (SSSR count). The van der Waals surface area contributed by atoms with Crippen LogP contribution in [0.2, 0.25) is 5.02 Å². The highest BCUT2D eigenvalue weighted by Crippen LogP contribution is 2.25.